The summed E-state index contributed by atoms with van der Waals surface area (Å²) >= 11 is 0. The summed E-state index contributed by atoms with van der Waals surface area (Å²) in [4.78, 5) is 26.9. The Labute approximate surface area is 205 Å². The molecule has 0 fully saturated rings. The van der Waals surface area contributed by atoms with Crippen molar-refractivity contribution < 1.29 is 14.3 Å². The molecule has 0 saturated carbocycles. The van der Waals surface area contributed by atoms with Gasteiger partial charge in [-0.2, -0.15) is 10.1 Å². The first kappa shape index (κ1) is 22.0. The summed E-state index contributed by atoms with van der Waals surface area (Å²) in [6, 6.07) is 11.9. The summed E-state index contributed by atoms with van der Waals surface area (Å²) in [5.41, 5.74) is 18.7. The molecule has 36 heavy (non-hydrogen) atoms. The van der Waals surface area contributed by atoms with E-state index in [1.54, 1.807) is 11.0 Å². The minimum Gasteiger partial charge on any atom is -0.424 e. The van der Waals surface area contributed by atoms with Crippen LogP contribution in [0.3, 0.4) is 0 Å². The average Bonchev–Trinajstić information content (AvgIpc) is 3.43. The van der Waals surface area contributed by atoms with Crippen molar-refractivity contribution in [3.05, 3.63) is 59.4 Å². The van der Waals surface area contributed by atoms with Gasteiger partial charge in [-0.3, -0.25) is 4.79 Å². The molecule has 0 saturated heterocycles. The van der Waals surface area contributed by atoms with Crippen LogP contribution in [-0.4, -0.2) is 53.8 Å². The quantitative estimate of drug-likeness (QED) is 0.339. The minimum absolute atomic E-state index is 0.0217. The first-order valence-corrected chi connectivity index (χ1v) is 11.6. The molecule has 4 heterocycles. The second kappa shape index (κ2) is 8.61. The molecule has 0 atom stereocenters. The first-order valence-electron chi connectivity index (χ1n) is 11.6. The number of amides is 1. The van der Waals surface area contributed by atoms with Gasteiger partial charge < -0.3 is 25.9 Å². The average molecular weight is 485 g/mol. The standard InChI is InChI=1S/C25H24N8O3/c26-23-21-22(16-3-4-19-18(10-16)30-25(27)36-19)31-33(24(21)29-13-28-23)11-14-1-2-17-12-32(20(35)6-8-34)7-5-15(17)9-14/h1-4,9-10,13,34H,5-8,11-12H2,(H2,27,30)(H2,26,28,29). The number of anilines is 2. The van der Waals surface area contributed by atoms with Crippen LogP contribution < -0.4 is 11.5 Å². The zero-order valence-corrected chi connectivity index (χ0v) is 19.4. The Hall–Kier alpha value is -4.51. The molecule has 0 bridgehead atoms. The molecular formula is C25H24N8O3. The van der Waals surface area contributed by atoms with Gasteiger partial charge in [0.05, 0.1) is 18.5 Å². The van der Waals surface area contributed by atoms with E-state index in [0.717, 1.165) is 23.1 Å². The molecule has 3 aromatic heterocycles. The number of aliphatic hydroxyl groups excluding tert-OH is 1. The number of fused-ring (bicyclic) bond motifs is 3. The van der Waals surface area contributed by atoms with Gasteiger partial charge in [0.1, 0.15) is 23.4 Å². The molecule has 11 nitrogen and oxygen atoms in total. The van der Waals surface area contributed by atoms with Crippen LogP contribution in [0, 0.1) is 0 Å². The predicted octanol–water partition coefficient (Wildman–Crippen LogP) is 2.11. The number of aliphatic hydroxyl groups is 1. The highest BCUT2D eigenvalue weighted by molar-refractivity contribution is 5.99. The Morgan fingerprint density at radius 1 is 1.11 bits per heavy atom. The van der Waals surface area contributed by atoms with E-state index in [9.17, 15) is 4.79 Å². The lowest BCUT2D eigenvalue weighted by Gasteiger charge is -2.29. The minimum atomic E-state index is -0.129. The smallest absolute Gasteiger partial charge is 0.292 e. The molecule has 11 heteroatoms. The van der Waals surface area contributed by atoms with E-state index in [1.807, 2.05) is 22.9 Å². The summed E-state index contributed by atoms with van der Waals surface area (Å²) in [5.74, 6) is 0.325. The third kappa shape index (κ3) is 3.79. The van der Waals surface area contributed by atoms with E-state index in [2.05, 4.69) is 27.1 Å². The molecule has 1 aliphatic rings. The van der Waals surface area contributed by atoms with Gasteiger partial charge in [-0.15, -0.1) is 0 Å². The van der Waals surface area contributed by atoms with Crippen molar-refractivity contribution in [3.63, 3.8) is 0 Å². The van der Waals surface area contributed by atoms with Gasteiger partial charge in [0.15, 0.2) is 11.2 Å². The highest BCUT2D eigenvalue weighted by atomic mass is 16.4. The number of benzene rings is 2. The maximum atomic E-state index is 12.2. The van der Waals surface area contributed by atoms with Gasteiger partial charge >= 0.3 is 0 Å². The van der Waals surface area contributed by atoms with E-state index < -0.39 is 0 Å². The van der Waals surface area contributed by atoms with Crippen molar-refractivity contribution >= 4 is 39.9 Å². The van der Waals surface area contributed by atoms with Crippen LogP contribution in [0.1, 0.15) is 23.1 Å². The fourth-order valence-corrected chi connectivity index (χ4v) is 4.78. The summed E-state index contributed by atoms with van der Waals surface area (Å²) in [6.07, 6.45) is 2.36. The third-order valence-electron chi connectivity index (χ3n) is 6.53. The van der Waals surface area contributed by atoms with Crippen molar-refractivity contribution in [2.24, 2.45) is 0 Å². The lowest BCUT2D eigenvalue weighted by atomic mass is 9.97. The second-order valence-corrected chi connectivity index (χ2v) is 8.84. The summed E-state index contributed by atoms with van der Waals surface area (Å²) in [6.45, 7) is 1.56. The van der Waals surface area contributed by atoms with Crippen LogP contribution >= 0.6 is 0 Å². The first-order chi connectivity index (χ1) is 17.5. The number of oxazole rings is 1. The zero-order valence-electron chi connectivity index (χ0n) is 19.4. The van der Waals surface area contributed by atoms with E-state index >= 15 is 0 Å². The van der Waals surface area contributed by atoms with E-state index in [1.165, 1.54) is 11.9 Å². The van der Waals surface area contributed by atoms with Gasteiger partial charge in [0.25, 0.3) is 6.01 Å². The fourth-order valence-electron chi connectivity index (χ4n) is 4.78. The predicted molar refractivity (Wildman–Crippen MR) is 134 cm³/mol. The number of carbonyl (C=O) groups is 1. The monoisotopic (exact) mass is 484 g/mol. The van der Waals surface area contributed by atoms with Crippen LogP contribution in [0.2, 0.25) is 0 Å². The molecule has 5 N–H and O–H groups in total. The molecule has 0 spiro atoms. The van der Waals surface area contributed by atoms with Crippen molar-refractivity contribution in [2.75, 3.05) is 24.6 Å². The SMILES string of the molecule is Nc1nc2cc(-c3nn(Cc4ccc5c(c4)CCN(C(=O)CCO)C5)c4ncnc(N)c34)ccc2o1. The van der Waals surface area contributed by atoms with E-state index in [4.69, 9.17) is 26.1 Å². The van der Waals surface area contributed by atoms with Crippen LogP contribution in [0.5, 0.6) is 0 Å². The Morgan fingerprint density at radius 2 is 2.00 bits per heavy atom. The van der Waals surface area contributed by atoms with Crippen molar-refractivity contribution in [1.29, 1.82) is 0 Å². The van der Waals surface area contributed by atoms with Gasteiger partial charge in [-0.05, 0) is 41.3 Å². The Kier molecular flexibility index (Phi) is 5.26. The molecule has 6 rings (SSSR count). The lowest BCUT2D eigenvalue weighted by molar-refractivity contribution is -0.132. The van der Waals surface area contributed by atoms with Crippen LogP contribution in [-0.2, 0) is 24.3 Å². The second-order valence-electron chi connectivity index (χ2n) is 8.84. The number of aromatic nitrogens is 5. The number of carbonyl (C=O) groups excluding carboxylic acids is 1. The van der Waals surface area contributed by atoms with Crippen LogP contribution in [0.4, 0.5) is 11.8 Å². The molecular weight excluding hydrogens is 460 g/mol. The van der Waals surface area contributed by atoms with Crippen molar-refractivity contribution in [1.82, 2.24) is 29.6 Å². The Morgan fingerprint density at radius 3 is 2.86 bits per heavy atom. The van der Waals surface area contributed by atoms with Gasteiger partial charge in [0, 0.05) is 25.1 Å². The van der Waals surface area contributed by atoms with E-state index in [-0.39, 0.29) is 24.9 Å². The highest BCUT2D eigenvalue weighted by Crippen LogP contribution is 2.33. The van der Waals surface area contributed by atoms with Crippen molar-refractivity contribution in [3.8, 4) is 11.3 Å². The molecule has 182 valence electrons. The Balaban J connectivity index is 1.35. The largest absolute Gasteiger partial charge is 0.424 e. The zero-order chi connectivity index (χ0) is 24.8. The van der Waals surface area contributed by atoms with E-state index in [0.29, 0.717) is 53.3 Å². The molecule has 0 radical (unpaired) electrons. The van der Waals surface area contributed by atoms with Gasteiger partial charge in [-0.25, -0.2) is 14.6 Å². The maximum Gasteiger partial charge on any atom is 0.292 e. The number of rotatable bonds is 5. The lowest BCUT2D eigenvalue weighted by Crippen LogP contribution is -2.36. The number of nitrogen functional groups attached to an aromatic ring is 2. The highest BCUT2D eigenvalue weighted by Gasteiger charge is 2.22. The number of nitrogens with zero attached hydrogens (tertiary/aromatic N) is 6. The van der Waals surface area contributed by atoms with Gasteiger partial charge in [-0.1, -0.05) is 18.2 Å². The number of nitrogens with two attached hydrogens (primary N) is 2. The van der Waals surface area contributed by atoms with Crippen LogP contribution in [0.15, 0.2) is 47.1 Å². The van der Waals surface area contributed by atoms with Crippen molar-refractivity contribution in [2.45, 2.75) is 25.9 Å². The number of hydrogen-bond donors (Lipinski definition) is 3. The topological polar surface area (TPSA) is 162 Å². The number of hydrogen-bond acceptors (Lipinski definition) is 9. The summed E-state index contributed by atoms with van der Waals surface area (Å²) in [5, 5.41) is 14.6. The normalized spacial score (nSPS) is 13.4. The molecule has 5 aromatic rings. The molecule has 2 aromatic carbocycles. The third-order valence-corrected chi connectivity index (χ3v) is 6.53. The molecule has 0 aliphatic carbocycles. The van der Waals surface area contributed by atoms with Gasteiger partial charge in [0.2, 0.25) is 5.91 Å². The Bertz CT molecular complexity index is 1620. The summed E-state index contributed by atoms with van der Waals surface area (Å²) < 4.78 is 7.22. The molecule has 1 amide bonds. The summed E-state index contributed by atoms with van der Waals surface area (Å²) in [7, 11) is 0. The fraction of sp³-hybridized carbons (Fsp3) is 0.240. The van der Waals surface area contributed by atoms with Crippen LogP contribution in [0.25, 0.3) is 33.4 Å². The molecule has 1 aliphatic heterocycles. The molecule has 0 unspecified atom stereocenters. The maximum absolute atomic E-state index is 12.2.